The number of ether oxygens (including phenoxy) is 1. The zero-order chi connectivity index (χ0) is 14.1. The smallest absolute Gasteiger partial charge is 0.125 e. The van der Waals surface area contributed by atoms with Crippen molar-refractivity contribution in [2.24, 2.45) is 11.8 Å². The molecule has 2 aliphatic rings. The molecule has 1 heterocycles. The van der Waals surface area contributed by atoms with E-state index in [9.17, 15) is 0 Å². The van der Waals surface area contributed by atoms with Gasteiger partial charge in [0.25, 0.3) is 0 Å². The molecule has 1 saturated carbocycles. The predicted molar refractivity (Wildman–Crippen MR) is 86.4 cm³/mol. The highest BCUT2D eigenvalue weighted by atomic mass is 79.9. The van der Waals surface area contributed by atoms with Crippen LogP contribution in [0.1, 0.15) is 37.8 Å². The third-order valence-electron chi connectivity index (χ3n) is 4.50. The number of hydrogen-bond acceptors (Lipinski definition) is 2. The normalized spacial score (nSPS) is 19.0. The van der Waals surface area contributed by atoms with Crippen LogP contribution in [0.5, 0.6) is 5.75 Å². The van der Waals surface area contributed by atoms with E-state index in [1.165, 1.54) is 28.4 Å². The van der Waals surface area contributed by atoms with Crippen molar-refractivity contribution in [2.75, 3.05) is 13.2 Å². The molecule has 0 bridgehead atoms. The minimum atomic E-state index is 0.679. The molecule has 1 aromatic rings. The lowest BCUT2D eigenvalue weighted by molar-refractivity contribution is 0.335. The Hall–Kier alpha value is -0.540. The monoisotopic (exact) mass is 337 g/mol. The lowest BCUT2D eigenvalue weighted by Gasteiger charge is -2.22. The minimum Gasteiger partial charge on any atom is -0.493 e. The maximum Gasteiger partial charge on any atom is 0.125 e. The minimum absolute atomic E-state index is 0.679. The second-order valence-electron chi connectivity index (χ2n) is 6.54. The Labute approximate surface area is 130 Å². The molecule has 0 spiro atoms. The molecule has 3 rings (SSSR count). The van der Waals surface area contributed by atoms with Crippen LogP contribution in [0.3, 0.4) is 0 Å². The Morgan fingerprint density at radius 2 is 2.15 bits per heavy atom. The van der Waals surface area contributed by atoms with Crippen molar-refractivity contribution in [3.8, 4) is 5.75 Å². The first kappa shape index (κ1) is 14.4. The summed E-state index contributed by atoms with van der Waals surface area (Å²) in [6, 6.07) is 5.25. The van der Waals surface area contributed by atoms with Gasteiger partial charge >= 0.3 is 0 Å². The van der Waals surface area contributed by atoms with E-state index in [-0.39, 0.29) is 0 Å². The molecule has 1 atom stereocenters. The highest BCUT2D eigenvalue weighted by molar-refractivity contribution is 9.10. The van der Waals surface area contributed by atoms with E-state index in [1.807, 2.05) is 0 Å². The van der Waals surface area contributed by atoms with Gasteiger partial charge in [-0.15, -0.1) is 0 Å². The van der Waals surface area contributed by atoms with Crippen molar-refractivity contribution in [2.45, 2.75) is 45.6 Å². The van der Waals surface area contributed by atoms with Crippen LogP contribution in [-0.2, 0) is 12.8 Å². The Morgan fingerprint density at radius 1 is 1.35 bits per heavy atom. The van der Waals surface area contributed by atoms with Crippen LogP contribution < -0.4 is 10.1 Å². The topological polar surface area (TPSA) is 21.3 Å². The Kier molecular flexibility index (Phi) is 4.37. The van der Waals surface area contributed by atoms with E-state index in [4.69, 9.17) is 4.74 Å². The third kappa shape index (κ3) is 3.37. The molecule has 20 heavy (non-hydrogen) atoms. The van der Waals surface area contributed by atoms with Crippen molar-refractivity contribution < 1.29 is 4.74 Å². The molecule has 1 unspecified atom stereocenters. The molecular formula is C17H24BrNO. The van der Waals surface area contributed by atoms with Gasteiger partial charge in [0.1, 0.15) is 5.75 Å². The van der Waals surface area contributed by atoms with Crippen LogP contribution in [0, 0.1) is 11.8 Å². The van der Waals surface area contributed by atoms with E-state index < -0.39 is 0 Å². The molecule has 0 aromatic heterocycles. The summed E-state index contributed by atoms with van der Waals surface area (Å²) in [4.78, 5) is 0. The van der Waals surface area contributed by atoms with Gasteiger partial charge in [-0.2, -0.15) is 0 Å². The SMILES string of the molecule is CC(C)C(CNC1CC1)Cc1cc(Br)cc2c1OCC2. The van der Waals surface area contributed by atoms with E-state index in [0.29, 0.717) is 11.8 Å². The average Bonchev–Trinajstić information content (AvgIpc) is 3.10. The van der Waals surface area contributed by atoms with Crippen LogP contribution in [0.25, 0.3) is 0 Å². The molecule has 0 saturated heterocycles. The zero-order valence-electron chi connectivity index (χ0n) is 12.4. The van der Waals surface area contributed by atoms with Gasteiger partial charge in [-0.05, 0) is 60.9 Å². The summed E-state index contributed by atoms with van der Waals surface area (Å²) in [7, 11) is 0. The fourth-order valence-electron chi connectivity index (χ4n) is 2.93. The maximum atomic E-state index is 5.86. The molecule has 3 heteroatoms. The second kappa shape index (κ2) is 6.07. The quantitative estimate of drug-likeness (QED) is 0.848. The van der Waals surface area contributed by atoms with Gasteiger partial charge in [-0.3, -0.25) is 0 Å². The molecule has 110 valence electrons. The first-order valence-corrected chi connectivity index (χ1v) is 8.60. The first-order valence-electron chi connectivity index (χ1n) is 7.81. The van der Waals surface area contributed by atoms with Gasteiger partial charge in [0.05, 0.1) is 6.61 Å². The first-order chi connectivity index (χ1) is 9.63. The molecule has 1 aliphatic heterocycles. The number of rotatable bonds is 6. The van der Waals surface area contributed by atoms with Crippen molar-refractivity contribution in [3.63, 3.8) is 0 Å². The van der Waals surface area contributed by atoms with E-state index in [0.717, 1.165) is 37.8 Å². The summed E-state index contributed by atoms with van der Waals surface area (Å²) in [5, 5.41) is 3.69. The molecule has 1 fully saturated rings. The Morgan fingerprint density at radius 3 is 2.85 bits per heavy atom. The fourth-order valence-corrected chi connectivity index (χ4v) is 3.48. The average molecular weight is 338 g/mol. The lowest BCUT2D eigenvalue weighted by Crippen LogP contribution is -2.29. The van der Waals surface area contributed by atoms with Gasteiger partial charge in [0, 0.05) is 16.9 Å². The summed E-state index contributed by atoms with van der Waals surface area (Å²) in [6.45, 7) is 6.63. The highest BCUT2D eigenvalue weighted by Gasteiger charge is 2.25. The summed E-state index contributed by atoms with van der Waals surface area (Å²) >= 11 is 3.64. The van der Waals surface area contributed by atoms with Gasteiger partial charge in [0.2, 0.25) is 0 Å². The lowest BCUT2D eigenvalue weighted by atomic mass is 9.88. The number of nitrogens with one attached hydrogen (secondary N) is 1. The number of hydrogen-bond donors (Lipinski definition) is 1. The standard InChI is InChI=1S/C17H24BrNO/c1-11(2)14(10-19-16-3-4-16)7-13-9-15(18)8-12-5-6-20-17(12)13/h8-9,11,14,16,19H,3-7,10H2,1-2H3. The van der Waals surface area contributed by atoms with Crippen LogP contribution in [0.4, 0.5) is 0 Å². The summed E-state index contributed by atoms with van der Waals surface area (Å²) < 4.78 is 7.05. The Balaban J connectivity index is 1.73. The van der Waals surface area contributed by atoms with E-state index in [1.54, 1.807) is 0 Å². The summed E-state index contributed by atoms with van der Waals surface area (Å²) in [6.07, 6.45) is 4.88. The van der Waals surface area contributed by atoms with Gasteiger partial charge in [0.15, 0.2) is 0 Å². The van der Waals surface area contributed by atoms with Crippen LogP contribution in [0.2, 0.25) is 0 Å². The summed E-state index contributed by atoms with van der Waals surface area (Å²) in [5.74, 6) is 2.53. The van der Waals surface area contributed by atoms with Crippen molar-refractivity contribution >= 4 is 15.9 Å². The number of fused-ring (bicyclic) bond motifs is 1. The molecular weight excluding hydrogens is 314 g/mol. The van der Waals surface area contributed by atoms with Crippen molar-refractivity contribution in [1.29, 1.82) is 0 Å². The third-order valence-corrected chi connectivity index (χ3v) is 4.95. The van der Waals surface area contributed by atoms with Crippen LogP contribution >= 0.6 is 15.9 Å². The predicted octanol–water partition coefficient (Wildman–Crippen LogP) is 3.95. The van der Waals surface area contributed by atoms with Crippen molar-refractivity contribution in [3.05, 3.63) is 27.7 Å². The Bertz CT molecular complexity index is 482. The molecule has 1 aromatic carbocycles. The van der Waals surface area contributed by atoms with Gasteiger partial charge in [-0.25, -0.2) is 0 Å². The summed E-state index contributed by atoms with van der Waals surface area (Å²) in [5.41, 5.74) is 2.75. The van der Waals surface area contributed by atoms with Gasteiger partial charge < -0.3 is 10.1 Å². The molecule has 2 nitrogen and oxygen atoms in total. The van der Waals surface area contributed by atoms with Crippen molar-refractivity contribution in [1.82, 2.24) is 5.32 Å². The fraction of sp³-hybridized carbons (Fsp3) is 0.647. The molecule has 1 aliphatic carbocycles. The number of halogens is 1. The van der Waals surface area contributed by atoms with Crippen LogP contribution in [0.15, 0.2) is 16.6 Å². The zero-order valence-corrected chi connectivity index (χ0v) is 14.0. The molecule has 1 N–H and O–H groups in total. The second-order valence-corrected chi connectivity index (χ2v) is 7.46. The van der Waals surface area contributed by atoms with Gasteiger partial charge in [-0.1, -0.05) is 29.8 Å². The largest absolute Gasteiger partial charge is 0.493 e. The molecule has 0 amide bonds. The van der Waals surface area contributed by atoms with E-state index in [2.05, 4.69) is 47.2 Å². The van der Waals surface area contributed by atoms with E-state index >= 15 is 0 Å². The highest BCUT2D eigenvalue weighted by Crippen LogP contribution is 2.35. The van der Waals surface area contributed by atoms with Crippen LogP contribution in [-0.4, -0.2) is 19.2 Å². The molecule has 0 radical (unpaired) electrons. The maximum absolute atomic E-state index is 5.86. The number of benzene rings is 1.